The SMILES string of the molecule is CC[C@@H](C)NC(=O)NC(=O)COC(=O)CCC(=O)c1ccc(Cl)s1. The molecule has 2 N–H and O–H groups in total. The number of ether oxygens (including phenoxy) is 1. The summed E-state index contributed by atoms with van der Waals surface area (Å²) in [7, 11) is 0. The van der Waals surface area contributed by atoms with E-state index in [1.165, 1.54) is 0 Å². The van der Waals surface area contributed by atoms with Gasteiger partial charge >= 0.3 is 12.0 Å². The Balaban J connectivity index is 2.24. The van der Waals surface area contributed by atoms with Gasteiger partial charge in [-0.1, -0.05) is 18.5 Å². The fourth-order valence-electron chi connectivity index (χ4n) is 1.55. The number of halogens is 1. The molecule has 0 radical (unpaired) electrons. The maximum Gasteiger partial charge on any atom is 0.321 e. The Labute approximate surface area is 148 Å². The molecule has 0 aliphatic carbocycles. The van der Waals surface area contributed by atoms with Crippen molar-refractivity contribution in [2.45, 2.75) is 39.2 Å². The van der Waals surface area contributed by atoms with Crippen molar-refractivity contribution in [1.29, 1.82) is 0 Å². The van der Waals surface area contributed by atoms with E-state index in [-0.39, 0.29) is 24.7 Å². The number of thiophene rings is 1. The van der Waals surface area contributed by atoms with Gasteiger partial charge in [0.25, 0.3) is 5.91 Å². The van der Waals surface area contributed by atoms with Crippen molar-refractivity contribution in [3.63, 3.8) is 0 Å². The quantitative estimate of drug-likeness (QED) is 0.537. The second-order valence-corrected chi connectivity index (χ2v) is 6.73. The van der Waals surface area contributed by atoms with Gasteiger partial charge in [0.05, 0.1) is 15.6 Å². The van der Waals surface area contributed by atoms with E-state index in [1.807, 2.05) is 12.2 Å². The van der Waals surface area contributed by atoms with Gasteiger partial charge in [0.15, 0.2) is 12.4 Å². The molecule has 0 aromatic carbocycles. The zero-order valence-electron chi connectivity index (χ0n) is 13.4. The number of amides is 3. The van der Waals surface area contributed by atoms with Gasteiger partial charge in [-0.2, -0.15) is 0 Å². The standard InChI is InChI=1S/C15H19ClN2O5S/c1-3-9(2)17-15(22)18-13(20)8-23-14(21)7-4-10(19)11-5-6-12(16)24-11/h5-6,9H,3-4,7-8H2,1-2H3,(H2,17,18,20,22)/t9-/m1/s1. The molecule has 0 saturated heterocycles. The van der Waals surface area contributed by atoms with Crippen molar-refractivity contribution in [3.8, 4) is 0 Å². The molecule has 3 amide bonds. The van der Waals surface area contributed by atoms with E-state index in [9.17, 15) is 19.2 Å². The van der Waals surface area contributed by atoms with Crippen LogP contribution in [-0.4, -0.2) is 36.3 Å². The molecule has 0 saturated carbocycles. The molecule has 0 aliphatic rings. The van der Waals surface area contributed by atoms with Crippen molar-refractivity contribution < 1.29 is 23.9 Å². The van der Waals surface area contributed by atoms with E-state index >= 15 is 0 Å². The molecule has 9 heteroatoms. The molecular formula is C15H19ClN2O5S. The third-order valence-electron chi connectivity index (χ3n) is 3.01. The number of imide groups is 1. The maximum atomic E-state index is 11.8. The van der Waals surface area contributed by atoms with Gasteiger partial charge in [0, 0.05) is 12.5 Å². The van der Waals surface area contributed by atoms with Gasteiger partial charge in [-0.15, -0.1) is 11.3 Å². The van der Waals surface area contributed by atoms with Crippen LogP contribution < -0.4 is 10.6 Å². The predicted octanol–water partition coefficient (Wildman–Crippen LogP) is 2.53. The number of carbonyl (C=O) groups is 4. The Kier molecular flexibility index (Phi) is 8.42. The second-order valence-electron chi connectivity index (χ2n) is 5.02. The molecule has 0 spiro atoms. The molecule has 24 heavy (non-hydrogen) atoms. The minimum atomic E-state index is -0.736. The number of carbonyl (C=O) groups excluding carboxylic acids is 4. The minimum Gasteiger partial charge on any atom is -0.456 e. The summed E-state index contributed by atoms with van der Waals surface area (Å²) in [6, 6.07) is 2.48. The Morgan fingerprint density at radius 3 is 2.54 bits per heavy atom. The Bertz CT molecular complexity index is 617. The highest BCUT2D eigenvalue weighted by Crippen LogP contribution is 2.22. The van der Waals surface area contributed by atoms with Crippen molar-refractivity contribution in [2.75, 3.05) is 6.61 Å². The zero-order valence-corrected chi connectivity index (χ0v) is 15.0. The van der Waals surface area contributed by atoms with Gasteiger partial charge in [0.1, 0.15) is 0 Å². The lowest BCUT2D eigenvalue weighted by atomic mass is 10.2. The number of urea groups is 1. The fourth-order valence-corrected chi connectivity index (χ4v) is 2.56. The highest BCUT2D eigenvalue weighted by molar-refractivity contribution is 7.18. The number of ketones is 1. The van der Waals surface area contributed by atoms with Gasteiger partial charge in [0.2, 0.25) is 0 Å². The molecule has 7 nitrogen and oxygen atoms in total. The van der Waals surface area contributed by atoms with Crippen molar-refractivity contribution in [1.82, 2.24) is 10.6 Å². The zero-order chi connectivity index (χ0) is 18.1. The van der Waals surface area contributed by atoms with Crippen LogP contribution in [0.15, 0.2) is 12.1 Å². The number of nitrogens with one attached hydrogen (secondary N) is 2. The molecule has 0 fully saturated rings. The van der Waals surface area contributed by atoms with Gasteiger partial charge in [-0.3, -0.25) is 19.7 Å². The molecule has 0 bridgehead atoms. The monoisotopic (exact) mass is 374 g/mol. The van der Waals surface area contributed by atoms with E-state index < -0.39 is 24.5 Å². The smallest absolute Gasteiger partial charge is 0.321 e. The first kappa shape index (κ1) is 20.1. The summed E-state index contributed by atoms with van der Waals surface area (Å²) in [4.78, 5) is 46.6. The van der Waals surface area contributed by atoms with Crippen molar-refractivity contribution >= 4 is 46.6 Å². The summed E-state index contributed by atoms with van der Waals surface area (Å²) in [5, 5.41) is 4.59. The topological polar surface area (TPSA) is 102 Å². The first-order valence-electron chi connectivity index (χ1n) is 7.36. The predicted molar refractivity (Wildman–Crippen MR) is 90.3 cm³/mol. The van der Waals surface area contributed by atoms with E-state index in [0.29, 0.717) is 9.21 Å². The lowest BCUT2D eigenvalue weighted by Crippen LogP contribution is -2.44. The number of Topliss-reactive ketones (excluding diaryl/α,β-unsaturated/α-hetero) is 1. The highest BCUT2D eigenvalue weighted by atomic mass is 35.5. The minimum absolute atomic E-state index is 0.0359. The summed E-state index contributed by atoms with van der Waals surface area (Å²) in [6.07, 6.45) is 0.534. The third kappa shape index (κ3) is 7.56. The molecule has 1 aromatic rings. The summed E-state index contributed by atoms with van der Waals surface area (Å²) in [5.74, 6) is -1.65. The number of rotatable bonds is 8. The van der Waals surface area contributed by atoms with Gasteiger partial charge in [-0.25, -0.2) is 4.79 Å². The fraction of sp³-hybridized carbons (Fsp3) is 0.467. The largest absolute Gasteiger partial charge is 0.456 e. The number of hydrogen-bond donors (Lipinski definition) is 2. The summed E-state index contributed by atoms with van der Waals surface area (Å²) >= 11 is 6.87. The van der Waals surface area contributed by atoms with E-state index in [2.05, 4.69) is 5.32 Å². The molecular weight excluding hydrogens is 356 g/mol. The lowest BCUT2D eigenvalue weighted by molar-refractivity contribution is -0.148. The van der Waals surface area contributed by atoms with Crippen LogP contribution in [0.5, 0.6) is 0 Å². The molecule has 1 heterocycles. The second kappa shape index (κ2) is 10.0. The molecule has 1 rings (SSSR count). The van der Waals surface area contributed by atoms with Crippen molar-refractivity contribution in [3.05, 3.63) is 21.3 Å². The van der Waals surface area contributed by atoms with E-state index in [1.54, 1.807) is 19.1 Å². The Morgan fingerprint density at radius 1 is 1.25 bits per heavy atom. The third-order valence-corrected chi connectivity index (χ3v) is 4.28. The van der Waals surface area contributed by atoms with Gasteiger partial charge in [-0.05, 0) is 25.5 Å². The normalized spacial score (nSPS) is 11.5. The van der Waals surface area contributed by atoms with Crippen LogP contribution in [0.3, 0.4) is 0 Å². The molecule has 0 aliphatic heterocycles. The molecule has 132 valence electrons. The van der Waals surface area contributed by atoms with Crippen LogP contribution in [0.1, 0.15) is 42.8 Å². The molecule has 0 unspecified atom stereocenters. The maximum absolute atomic E-state index is 11.8. The summed E-state index contributed by atoms with van der Waals surface area (Å²) in [5.41, 5.74) is 0. The average Bonchev–Trinajstić information content (AvgIpc) is 2.96. The van der Waals surface area contributed by atoms with Crippen LogP contribution >= 0.6 is 22.9 Å². The van der Waals surface area contributed by atoms with E-state index in [4.69, 9.17) is 16.3 Å². The summed E-state index contributed by atoms with van der Waals surface area (Å²) in [6.45, 7) is 3.10. The highest BCUT2D eigenvalue weighted by Gasteiger charge is 2.15. The lowest BCUT2D eigenvalue weighted by Gasteiger charge is -2.11. The molecule has 1 atom stereocenters. The first-order valence-corrected chi connectivity index (χ1v) is 8.55. The van der Waals surface area contributed by atoms with Crippen LogP contribution in [-0.2, 0) is 14.3 Å². The Hall–Kier alpha value is -1.93. The van der Waals surface area contributed by atoms with Crippen LogP contribution in [0.2, 0.25) is 4.34 Å². The number of esters is 1. The van der Waals surface area contributed by atoms with Crippen LogP contribution in [0.25, 0.3) is 0 Å². The van der Waals surface area contributed by atoms with Crippen molar-refractivity contribution in [2.24, 2.45) is 0 Å². The first-order chi connectivity index (χ1) is 11.3. The van der Waals surface area contributed by atoms with Crippen LogP contribution in [0.4, 0.5) is 4.79 Å². The van der Waals surface area contributed by atoms with E-state index in [0.717, 1.165) is 17.8 Å². The number of hydrogen-bond acceptors (Lipinski definition) is 6. The Morgan fingerprint density at radius 2 is 1.96 bits per heavy atom. The van der Waals surface area contributed by atoms with Gasteiger partial charge < -0.3 is 10.1 Å². The average molecular weight is 375 g/mol. The van der Waals surface area contributed by atoms with Crippen LogP contribution in [0, 0.1) is 0 Å². The molecule has 1 aromatic heterocycles. The summed E-state index contributed by atoms with van der Waals surface area (Å²) < 4.78 is 5.22.